The fraction of sp³-hybridized carbons (Fsp3) is 0.308. The third-order valence-electron chi connectivity index (χ3n) is 3.21. The Balaban J connectivity index is 1.84. The molecule has 21 heavy (non-hydrogen) atoms. The first kappa shape index (κ1) is 14.3. The maximum atomic E-state index is 13.4. The Morgan fingerprint density at radius 2 is 2.29 bits per heavy atom. The Morgan fingerprint density at radius 3 is 2.81 bits per heavy atom. The first-order valence-corrected chi connectivity index (χ1v) is 7.45. The summed E-state index contributed by atoms with van der Waals surface area (Å²) in [6.45, 7) is 0.966. The van der Waals surface area contributed by atoms with E-state index in [0.29, 0.717) is 35.9 Å². The maximum Gasteiger partial charge on any atom is 0.267 e. The Kier molecular flexibility index (Phi) is 3.86. The summed E-state index contributed by atoms with van der Waals surface area (Å²) in [6.07, 6.45) is 1.21. The average Bonchev–Trinajstić information content (AvgIpc) is 3.05. The van der Waals surface area contributed by atoms with Gasteiger partial charge in [0.15, 0.2) is 0 Å². The number of alkyl halides is 1. The molecule has 1 fully saturated rings. The molecule has 0 N–H and O–H groups in total. The van der Waals surface area contributed by atoms with Crippen LogP contribution in [0.4, 0.5) is 14.6 Å². The van der Waals surface area contributed by atoms with Crippen molar-refractivity contribution in [3.8, 4) is 10.6 Å². The van der Waals surface area contributed by atoms with Gasteiger partial charge in [-0.15, -0.1) is 11.3 Å². The van der Waals surface area contributed by atoms with Crippen molar-refractivity contribution in [3.63, 3.8) is 0 Å². The van der Waals surface area contributed by atoms with Crippen molar-refractivity contribution < 1.29 is 13.6 Å². The lowest BCUT2D eigenvalue weighted by Crippen LogP contribution is -2.20. The van der Waals surface area contributed by atoms with E-state index >= 15 is 0 Å². The van der Waals surface area contributed by atoms with Gasteiger partial charge in [0, 0.05) is 18.3 Å². The molecule has 0 aromatic carbocycles. The second kappa shape index (κ2) is 5.65. The minimum atomic E-state index is -0.876. The Bertz CT molecular complexity index is 677. The van der Waals surface area contributed by atoms with E-state index in [4.69, 9.17) is 11.6 Å². The number of pyridine rings is 1. The van der Waals surface area contributed by atoms with Gasteiger partial charge in [0.25, 0.3) is 5.24 Å². The number of carbonyl (C=O) groups excluding carboxylic acids is 1. The molecule has 0 bridgehead atoms. The van der Waals surface area contributed by atoms with Crippen LogP contribution in [0.15, 0.2) is 18.3 Å². The number of halogens is 3. The number of hydrogen-bond acceptors (Lipinski definition) is 5. The minimum absolute atomic E-state index is 0.212. The van der Waals surface area contributed by atoms with E-state index in [1.165, 1.54) is 6.20 Å². The molecule has 3 heterocycles. The van der Waals surface area contributed by atoms with Gasteiger partial charge in [0.2, 0.25) is 5.95 Å². The van der Waals surface area contributed by atoms with Crippen molar-refractivity contribution in [1.29, 1.82) is 0 Å². The van der Waals surface area contributed by atoms with Crippen molar-refractivity contribution in [1.82, 2.24) is 9.97 Å². The smallest absolute Gasteiger partial charge is 0.267 e. The summed E-state index contributed by atoms with van der Waals surface area (Å²) in [7, 11) is 0. The fourth-order valence-corrected chi connectivity index (χ4v) is 3.13. The van der Waals surface area contributed by atoms with Crippen LogP contribution in [0.2, 0.25) is 0 Å². The second-order valence-electron chi connectivity index (χ2n) is 4.65. The van der Waals surface area contributed by atoms with Gasteiger partial charge < -0.3 is 4.90 Å². The van der Waals surface area contributed by atoms with Gasteiger partial charge in [-0.1, -0.05) is 0 Å². The lowest BCUT2D eigenvalue weighted by molar-refractivity contribution is 0.108. The van der Waals surface area contributed by atoms with E-state index in [9.17, 15) is 13.6 Å². The standard InChI is InChI=1S/C13H10ClF2N3OS/c14-11(20)10-12(16)18-13(21-10)7-1-2-9(17-5-7)19-4-3-8(15)6-19/h1-2,5,8H,3-4,6H2/t8-/m1/s1. The number of aromatic nitrogens is 2. The topological polar surface area (TPSA) is 46.1 Å². The zero-order valence-electron chi connectivity index (χ0n) is 10.7. The van der Waals surface area contributed by atoms with Gasteiger partial charge in [0.1, 0.15) is 21.9 Å². The molecular formula is C13H10ClF2N3OS. The zero-order valence-corrected chi connectivity index (χ0v) is 12.3. The lowest BCUT2D eigenvalue weighted by Gasteiger charge is -2.15. The van der Waals surface area contributed by atoms with Crippen LogP contribution in [0.25, 0.3) is 10.6 Å². The van der Waals surface area contributed by atoms with Gasteiger partial charge in [-0.05, 0) is 30.2 Å². The molecule has 0 spiro atoms. The highest BCUT2D eigenvalue weighted by Gasteiger charge is 2.23. The number of carbonyl (C=O) groups is 1. The highest BCUT2D eigenvalue weighted by atomic mass is 35.5. The number of hydrogen-bond donors (Lipinski definition) is 0. The normalized spacial score (nSPS) is 18.2. The van der Waals surface area contributed by atoms with Crippen molar-refractivity contribution in [2.45, 2.75) is 12.6 Å². The molecule has 1 atom stereocenters. The van der Waals surface area contributed by atoms with E-state index in [2.05, 4.69) is 9.97 Å². The van der Waals surface area contributed by atoms with Gasteiger partial charge in [0.05, 0.1) is 6.54 Å². The van der Waals surface area contributed by atoms with Crippen LogP contribution in [-0.4, -0.2) is 34.5 Å². The quantitative estimate of drug-likeness (QED) is 0.811. The van der Waals surface area contributed by atoms with Gasteiger partial charge >= 0.3 is 0 Å². The molecule has 110 valence electrons. The third kappa shape index (κ3) is 2.89. The molecule has 2 aromatic rings. The highest BCUT2D eigenvalue weighted by molar-refractivity contribution is 7.18. The molecule has 0 saturated carbocycles. The Labute approximate surface area is 128 Å². The summed E-state index contributed by atoms with van der Waals surface area (Å²) in [6, 6.07) is 3.45. The van der Waals surface area contributed by atoms with E-state index in [1.807, 2.05) is 4.90 Å². The summed E-state index contributed by atoms with van der Waals surface area (Å²) >= 11 is 6.15. The van der Waals surface area contributed by atoms with Crippen LogP contribution < -0.4 is 4.90 Å². The predicted octanol–water partition coefficient (Wildman–Crippen LogP) is 3.27. The first-order chi connectivity index (χ1) is 10.0. The molecule has 0 unspecified atom stereocenters. The highest BCUT2D eigenvalue weighted by Crippen LogP contribution is 2.29. The summed E-state index contributed by atoms with van der Waals surface area (Å²) in [5.74, 6) is -0.205. The fourth-order valence-electron chi connectivity index (χ4n) is 2.17. The SMILES string of the molecule is O=C(Cl)c1sc(-c2ccc(N3CC[C@@H](F)C3)nc2)nc1F. The molecule has 1 aliphatic heterocycles. The molecule has 2 aromatic heterocycles. The predicted molar refractivity (Wildman–Crippen MR) is 77.2 cm³/mol. The van der Waals surface area contributed by atoms with Gasteiger partial charge in [-0.3, -0.25) is 4.79 Å². The van der Waals surface area contributed by atoms with Crippen LogP contribution in [0, 0.1) is 5.95 Å². The molecule has 8 heteroatoms. The molecule has 0 amide bonds. The zero-order chi connectivity index (χ0) is 15.0. The van der Waals surface area contributed by atoms with Gasteiger partial charge in [-0.2, -0.15) is 4.39 Å². The van der Waals surface area contributed by atoms with Crippen molar-refractivity contribution >= 4 is 34.0 Å². The van der Waals surface area contributed by atoms with Crippen LogP contribution in [0.3, 0.4) is 0 Å². The summed E-state index contributed by atoms with van der Waals surface area (Å²) in [4.78, 5) is 20.6. The van der Waals surface area contributed by atoms with E-state index < -0.39 is 17.4 Å². The maximum absolute atomic E-state index is 13.4. The number of rotatable bonds is 3. The van der Waals surface area contributed by atoms with Crippen LogP contribution in [0.1, 0.15) is 16.1 Å². The molecule has 0 radical (unpaired) electrons. The average molecular weight is 330 g/mol. The summed E-state index contributed by atoms with van der Waals surface area (Å²) < 4.78 is 26.6. The van der Waals surface area contributed by atoms with E-state index in [1.54, 1.807) is 12.1 Å². The van der Waals surface area contributed by atoms with Crippen molar-refractivity contribution in [2.75, 3.05) is 18.0 Å². The Hall–Kier alpha value is -1.60. The summed E-state index contributed by atoms with van der Waals surface area (Å²) in [5, 5.41) is -0.535. The number of anilines is 1. The van der Waals surface area contributed by atoms with E-state index in [0.717, 1.165) is 11.3 Å². The molecule has 1 saturated heterocycles. The lowest BCUT2D eigenvalue weighted by atomic mass is 10.3. The Morgan fingerprint density at radius 1 is 1.48 bits per heavy atom. The molecular weight excluding hydrogens is 320 g/mol. The third-order valence-corrected chi connectivity index (χ3v) is 4.59. The van der Waals surface area contributed by atoms with Crippen LogP contribution in [-0.2, 0) is 0 Å². The number of nitrogens with zero attached hydrogens (tertiary/aromatic N) is 3. The van der Waals surface area contributed by atoms with Crippen LogP contribution in [0.5, 0.6) is 0 Å². The van der Waals surface area contributed by atoms with E-state index in [-0.39, 0.29) is 4.88 Å². The summed E-state index contributed by atoms with van der Waals surface area (Å²) in [5.41, 5.74) is 0.586. The van der Waals surface area contributed by atoms with Crippen LogP contribution >= 0.6 is 22.9 Å². The molecule has 1 aliphatic rings. The minimum Gasteiger partial charge on any atom is -0.354 e. The second-order valence-corrected chi connectivity index (χ2v) is 5.99. The largest absolute Gasteiger partial charge is 0.354 e. The van der Waals surface area contributed by atoms with Gasteiger partial charge in [-0.25, -0.2) is 14.4 Å². The van der Waals surface area contributed by atoms with Crippen molar-refractivity contribution in [3.05, 3.63) is 29.2 Å². The molecule has 3 rings (SSSR count). The monoisotopic (exact) mass is 329 g/mol. The molecule has 4 nitrogen and oxygen atoms in total. The molecule has 0 aliphatic carbocycles. The first-order valence-electron chi connectivity index (χ1n) is 6.26. The number of thiazole rings is 1. The van der Waals surface area contributed by atoms with Crippen molar-refractivity contribution in [2.24, 2.45) is 0 Å².